The molecule has 1 fully saturated rings. The molecule has 1 amide bonds. The Balaban J connectivity index is 1.65. The summed E-state index contributed by atoms with van der Waals surface area (Å²) in [6.45, 7) is 2.25. The molecule has 1 N–H and O–H groups in total. The average Bonchev–Trinajstić information content (AvgIpc) is 3.08. The fourth-order valence-electron chi connectivity index (χ4n) is 4.00. The molecule has 2 aromatic rings. The lowest BCUT2D eigenvalue weighted by atomic mass is 9.99. The second-order valence-corrected chi connectivity index (χ2v) is 6.95. The number of rotatable bonds is 3. The summed E-state index contributed by atoms with van der Waals surface area (Å²) in [4.78, 5) is 17.7. The quantitative estimate of drug-likeness (QED) is 0.937. The fraction of sp³-hybridized carbons (Fsp3) is 0.381. The van der Waals surface area contributed by atoms with Gasteiger partial charge in [0, 0.05) is 25.3 Å². The molecule has 1 atom stereocenters. The van der Waals surface area contributed by atoms with Crippen LogP contribution in [0.25, 0.3) is 0 Å². The predicted octanol–water partition coefficient (Wildman–Crippen LogP) is 2.77. The van der Waals surface area contributed by atoms with Crippen LogP contribution in [0.5, 0.6) is 0 Å². The minimum atomic E-state index is -0.278. The summed E-state index contributed by atoms with van der Waals surface area (Å²) in [6.07, 6.45) is 2.14. The van der Waals surface area contributed by atoms with Crippen LogP contribution in [-0.2, 0) is 11.2 Å². The summed E-state index contributed by atoms with van der Waals surface area (Å²) < 4.78 is 0. The van der Waals surface area contributed by atoms with Gasteiger partial charge < -0.3 is 10.0 Å². The molecule has 4 rings (SSSR count). The van der Waals surface area contributed by atoms with Crippen LogP contribution in [0, 0.1) is 0 Å². The number of likely N-dealkylation sites (tertiary alicyclic amines) is 1. The molecule has 0 aliphatic carbocycles. The lowest BCUT2D eigenvalue weighted by Gasteiger charge is -2.37. The highest BCUT2D eigenvalue weighted by molar-refractivity contribution is 5.99. The maximum absolute atomic E-state index is 13.5. The van der Waals surface area contributed by atoms with Gasteiger partial charge in [0.1, 0.15) is 6.04 Å². The number of hydrogen-bond acceptors (Lipinski definition) is 3. The van der Waals surface area contributed by atoms with Crippen LogP contribution in [0.2, 0.25) is 0 Å². The molecule has 2 aromatic carbocycles. The third-order valence-electron chi connectivity index (χ3n) is 5.37. The van der Waals surface area contributed by atoms with Crippen molar-refractivity contribution in [2.45, 2.75) is 31.4 Å². The van der Waals surface area contributed by atoms with Gasteiger partial charge in [-0.3, -0.25) is 9.69 Å². The first-order valence-corrected chi connectivity index (χ1v) is 9.10. The Morgan fingerprint density at radius 2 is 1.64 bits per heavy atom. The van der Waals surface area contributed by atoms with Gasteiger partial charge in [0.25, 0.3) is 0 Å². The van der Waals surface area contributed by atoms with Crippen molar-refractivity contribution in [3.8, 4) is 0 Å². The van der Waals surface area contributed by atoms with Crippen molar-refractivity contribution >= 4 is 11.6 Å². The molecule has 4 heteroatoms. The van der Waals surface area contributed by atoms with Crippen LogP contribution >= 0.6 is 0 Å². The van der Waals surface area contributed by atoms with Gasteiger partial charge in [-0.2, -0.15) is 0 Å². The number of carbonyl (C=O) groups excluding carboxylic acids is 1. The first-order valence-electron chi connectivity index (χ1n) is 9.10. The van der Waals surface area contributed by atoms with Gasteiger partial charge >= 0.3 is 0 Å². The third kappa shape index (κ3) is 3.20. The van der Waals surface area contributed by atoms with Crippen molar-refractivity contribution in [1.29, 1.82) is 0 Å². The van der Waals surface area contributed by atoms with Crippen molar-refractivity contribution in [3.63, 3.8) is 0 Å². The first-order chi connectivity index (χ1) is 12.2. The molecule has 0 radical (unpaired) electrons. The van der Waals surface area contributed by atoms with Crippen molar-refractivity contribution in [2.24, 2.45) is 0 Å². The molecule has 0 spiro atoms. The molecule has 0 saturated carbocycles. The highest BCUT2D eigenvalue weighted by Gasteiger charge is 2.36. The number of anilines is 1. The van der Waals surface area contributed by atoms with E-state index in [2.05, 4.69) is 11.0 Å². The van der Waals surface area contributed by atoms with E-state index in [9.17, 15) is 9.90 Å². The zero-order valence-electron chi connectivity index (χ0n) is 14.3. The van der Waals surface area contributed by atoms with E-state index in [1.807, 2.05) is 53.4 Å². The molecule has 0 unspecified atom stereocenters. The van der Waals surface area contributed by atoms with Crippen LogP contribution in [0.1, 0.15) is 30.0 Å². The van der Waals surface area contributed by atoms with Crippen LogP contribution in [0.15, 0.2) is 54.6 Å². The number of aliphatic hydroxyl groups excluding tert-OH is 1. The smallest absolute Gasteiger partial charge is 0.248 e. The maximum Gasteiger partial charge on any atom is 0.248 e. The Morgan fingerprint density at radius 3 is 2.40 bits per heavy atom. The minimum absolute atomic E-state index is 0.146. The molecule has 4 nitrogen and oxygen atoms in total. The number of amides is 1. The predicted molar refractivity (Wildman–Crippen MR) is 98.5 cm³/mol. The van der Waals surface area contributed by atoms with Crippen molar-refractivity contribution < 1.29 is 9.90 Å². The van der Waals surface area contributed by atoms with Crippen LogP contribution in [0.3, 0.4) is 0 Å². The first kappa shape index (κ1) is 16.3. The highest BCUT2D eigenvalue weighted by Crippen LogP contribution is 2.33. The van der Waals surface area contributed by atoms with Gasteiger partial charge in [-0.25, -0.2) is 0 Å². The standard InChI is InChI=1S/C21H24N2O2/c24-18-11-13-22(14-12-18)20(17-7-2-1-3-8-17)21(25)23-15-10-16-6-4-5-9-19(16)23/h1-9,18,20,24H,10-15H2/t20-/m1/s1. The molecular weight excluding hydrogens is 312 g/mol. The highest BCUT2D eigenvalue weighted by atomic mass is 16.3. The van der Waals surface area contributed by atoms with E-state index in [0.29, 0.717) is 0 Å². The average molecular weight is 336 g/mol. The molecule has 0 aromatic heterocycles. The van der Waals surface area contributed by atoms with E-state index in [0.717, 1.165) is 50.1 Å². The lowest BCUT2D eigenvalue weighted by molar-refractivity contribution is -0.125. The van der Waals surface area contributed by atoms with E-state index >= 15 is 0 Å². The van der Waals surface area contributed by atoms with Gasteiger partial charge in [0.15, 0.2) is 0 Å². The lowest BCUT2D eigenvalue weighted by Crippen LogP contribution is -2.46. The summed E-state index contributed by atoms with van der Waals surface area (Å²) >= 11 is 0. The SMILES string of the molecule is O=C([C@@H](c1ccccc1)N1CCC(O)CC1)N1CCc2ccccc21. The number of para-hydroxylation sites is 1. The zero-order chi connectivity index (χ0) is 17.2. The van der Waals surface area contributed by atoms with Crippen LogP contribution in [0.4, 0.5) is 5.69 Å². The fourth-order valence-corrected chi connectivity index (χ4v) is 4.00. The molecule has 2 heterocycles. The number of fused-ring (bicyclic) bond motifs is 1. The van der Waals surface area contributed by atoms with Crippen molar-refractivity contribution in [2.75, 3.05) is 24.5 Å². The maximum atomic E-state index is 13.5. The topological polar surface area (TPSA) is 43.8 Å². The number of aliphatic hydroxyl groups is 1. The number of carbonyl (C=O) groups is 1. The van der Waals surface area contributed by atoms with E-state index in [1.54, 1.807) is 0 Å². The number of benzene rings is 2. The Kier molecular flexibility index (Phi) is 4.55. The summed E-state index contributed by atoms with van der Waals surface area (Å²) in [5.74, 6) is 0.146. The van der Waals surface area contributed by atoms with Gasteiger partial charge in [-0.1, -0.05) is 48.5 Å². The number of nitrogens with zero attached hydrogens (tertiary/aromatic N) is 2. The van der Waals surface area contributed by atoms with Gasteiger partial charge in [0.05, 0.1) is 6.10 Å². The Hall–Kier alpha value is -2.17. The summed E-state index contributed by atoms with van der Waals surface area (Å²) in [7, 11) is 0. The summed E-state index contributed by atoms with van der Waals surface area (Å²) in [5.41, 5.74) is 3.33. The molecule has 130 valence electrons. The molecular formula is C21H24N2O2. The van der Waals surface area contributed by atoms with Crippen molar-refractivity contribution in [3.05, 3.63) is 65.7 Å². The monoisotopic (exact) mass is 336 g/mol. The van der Waals surface area contributed by atoms with Crippen LogP contribution in [-0.4, -0.2) is 41.7 Å². The van der Waals surface area contributed by atoms with Gasteiger partial charge in [0.2, 0.25) is 5.91 Å². The second kappa shape index (κ2) is 6.98. The summed E-state index contributed by atoms with van der Waals surface area (Å²) in [6, 6.07) is 18.0. The molecule has 0 bridgehead atoms. The van der Waals surface area contributed by atoms with Gasteiger partial charge in [-0.05, 0) is 36.5 Å². The van der Waals surface area contributed by atoms with E-state index in [4.69, 9.17) is 0 Å². The largest absolute Gasteiger partial charge is 0.393 e. The van der Waals surface area contributed by atoms with E-state index < -0.39 is 0 Å². The van der Waals surface area contributed by atoms with E-state index in [-0.39, 0.29) is 18.1 Å². The van der Waals surface area contributed by atoms with Crippen molar-refractivity contribution in [1.82, 2.24) is 4.90 Å². The summed E-state index contributed by atoms with van der Waals surface area (Å²) in [5, 5.41) is 9.84. The second-order valence-electron chi connectivity index (χ2n) is 6.95. The number of piperidine rings is 1. The molecule has 2 aliphatic rings. The Bertz CT molecular complexity index is 739. The molecule has 25 heavy (non-hydrogen) atoms. The zero-order valence-corrected chi connectivity index (χ0v) is 14.3. The van der Waals surface area contributed by atoms with E-state index in [1.165, 1.54) is 5.56 Å². The Morgan fingerprint density at radius 1 is 0.960 bits per heavy atom. The Labute approximate surface area is 148 Å². The van der Waals surface area contributed by atoms with Gasteiger partial charge in [-0.15, -0.1) is 0 Å². The molecule has 1 saturated heterocycles. The number of hydrogen-bond donors (Lipinski definition) is 1. The molecule has 2 aliphatic heterocycles. The normalized spacial score (nSPS) is 19.6. The third-order valence-corrected chi connectivity index (χ3v) is 5.37. The minimum Gasteiger partial charge on any atom is -0.393 e. The van der Waals surface area contributed by atoms with Crippen LogP contribution < -0.4 is 4.90 Å².